The summed E-state index contributed by atoms with van der Waals surface area (Å²) < 4.78 is 29.2. The number of fused-ring (bicyclic) bond motifs is 1. The maximum Gasteiger partial charge on any atom is 0.151 e. The second-order valence-electron chi connectivity index (χ2n) is 5.38. The molecule has 2 aromatic carbocycles. The van der Waals surface area contributed by atoms with Crippen molar-refractivity contribution in [3.63, 3.8) is 0 Å². The normalized spacial score (nSPS) is 14.8. The minimum Gasteiger partial charge on any atom is -0.398 e. The molecule has 1 fully saturated rings. The van der Waals surface area contributed by atoms with E-state index in [0.29, 0.717) is 28.6 Å². The van der Waals surface area contributed by atoms with E-state index in [0.717, 1.165) is 18.4 Å². The van der Waals surface area contributed by atoms with Crippen LogP contribution in [0.4, 0.5) is 14.5 Å². The summed E-state index contributed by atoms with van der Waals surface area (Å²) in [5.41, 5.74) is 7.96. The zero-order valence-corrected chi connectivity index (χ0v) is 11.2. The van der Waals surface area contributed by atoms with Crippen LogP contribution in [0.5, 0.6) is 0 Å². The Morgan fingerprint density at radius 1 is 1.14 bits per heavy atom. The number of halogens is 2. The molecule has 3 nitrogen and oxygen atoms in total. The quantitative estimate of drug-likeness (QED) is 0.726. The first-order valence-electron chi connectivity index (χ1n) is 6.87. The van der Waals surface area contributed by atoms with Gasteiger partial charge in [-0.3, -0.25) is 0 Å². The van der Waals surface area contributed by atoms with Crippen molar-refractivity contribution < 1.29 is 8.78 Å². The van der Waals surface area contributed by atoms with E-state index in [4.69, 9.17) is 5.73 Å². The topological polar surface area (TPSA) is 43.8 Å². The molecule has 0 bridgehead atoms. The molecule has 0 atom stereocenters. The molecule has 1 aliphatic carbocycles. The average molecular weight is 285 g/mol. The summed E-state index contributed by atoms with van der Waals surface area (Å²) in [6.45, 7) is 0. The minimum absolute atomic E-state index is 0.313. The Labute approximate surface area is 120 Å². The second-order valence-corrected chi connectivity index (χ2v) is 5.38. The first kappa shape index (κ1) is 12.3. The van der Waals surface area contributed by atoms with Crippen LogP contribution < -0.4 is 5.73 Å². The fourth-order valence-electron chi connectivity index (χ4n) is 2.71. The molecule has 0 amide bonds. The van der Waals surface area contributed by atoms with Crippen molar-refractivity contribution in [1.82, 2.24) is 9.55 Å². The van der Waals surface area contributed by atoms with E-state index in [9.17, 15) is 8.78 Å². The van der Waals surface area contributed by atoms with Crippen LogP contribution in [-0.2, 0) is 0 Å². The molecule has 0 radical (unpaired) electrons. The van der Waals surface area contributed by atoms with Crippen molar-refractivity contribution in [2.75, 3.05) is 5.73 Å². The molecule has 1 heterocycles. The first-order valence-corrected chi connectivity index (χ1v) is 6.87. The van der Waals surface area contributed by atoms with Gasteiger partial charge in [-0.25, -0.2) is 13.8 Å². The first-order chi connectivity index (χ1) is 10.1. The van der Waals surface area contributed by atoms with Crippen LogP contribution in [0.25, 0.3) is 22.4 Å². The summed E-state index contributed by atoms with van der Waals surface area (Å²) in [6, 6.07) is 9.45. The molecule has 1 aliphatic rings. The van der Waals surface area contributed by atoms with Gasteiger partial charge in [0, 0.05) is 17.3 Å². The van der Waals surface area contributed by atoms with Gasteiger partial charge in [-0.15, -0.1) is 0 Å². The fourth-order valence-corrected chi connectivity index (χ4v) is 2.71. The lowest BCUT2D eigenvalue weighted by molar-refractivity contribution is 0.628. The van der Waals surface area contributed by atoms with Crippen molar-refractivity contribution in [1.29, 1.82) is 0 Å². The molecule has 2 N–H and O–H groups in total. The molecule has 1 saturated carbocycles. The Morgan fingerprint density at radius 2 is 1.95 bits per heavy atom. The molecule has 0 aliphatic heterocycles. The van der Waals surface area contributed by atoms with E-state index in [1.165, 1.54) is 18.2 Å². The van der Waals surface area contributed by atoms with Gasteiger partial charge in [0.15, 0.2) is 5.82 Å². The molecular weight excluding hydrogens is 272 g/mol. The summed E-state index contributed by atoms with van der Waals surface area (Å²) in [5.74, 6) is -0.138. The number of imidazole rings is 1. The highest BCUT2D eigenvalue weighted by atomic mass is 19.1. The van der Waals surface area contributed by atoms with E-state index in [1.54, 1.807) is 12.1 Å². The summed E-state index contributed by atoms with van der Waals surface area (Å²) in [4.78, 5) is 4.42. The molecule has 106 valence electrons. The monoisotopic (exact) mass is 285 g/mol. The molecule has 5 heteroatoms. The molecular formula is C16H13F2N3. The Hall–Kier alpha value is -2.43. The Balaban J connectivity index is 2.03. The Bertz CT molecular complexity index is 850. The molecule has 0 unspecified atom stereocenters. The van der Waals surface area contributed by atoms with Gasteiger partial charge in [-0.1, -0.05) is 6.07 Å². The lowest BCUT2D eigenvalue weighted by Crippen LogP contribution is -2.00. The lowest BCUT2D eigenvalue weighted by Gasteiger charge is -2.09. The standard InChI is InChI=1S/C16H13F2N3/c17-9-4-7-11(13(19)8-9)16-20-15-12(18)2-1-3-14(15)21(16)10-5-6-10/h1-4,7-8,10H,5-6,19H2. The largest absolute Gasteiger partial charge is 0.398 e. The number of hydrogen-bond acceptors (Lipinski definition) is 2. The molecule has 0 saturated heterocycles. The van der Waals surface area contributed by atoms with Crippen molar-refractivity contribution in [2.24, 2.45) is 0 Å². The number of nitrogens with zero attached hydrogens (tertiary/aromatic N) is 2. The Kier molecular flexibility index (Phi) is 2.51. The van der Waals surface area contributed by atoms with Crippen molar-refractivity contribution >= 4 is 16.7 Å². The molecule has 3 aromatic rings. The van der Waals surface area contributed by atoms with Crippen LogP contribution >= 0.6 is 0 Å². The lowest BCUT2D eigenvalue weighted by atomic mass is 10.1. The summed E-state index contributed by atoms with van der Waals surface area (Å²) in [6.07, 6.45) is 2.08. The third-order valence-corrected chi connectivity index (χ3v) is 3.84. The average Bonchev–Trinajstić information content (AvgIpc) is 3.20. The SMILES string of the molecule is Nc1cc(F)ccc1-c1nc2c(F)cccc2n1C1CC1. The van der Waals surface area contributed by atoms with Crippen LogP contribution in [0.2, 0.25) is 0 Å². The summed E-state index contributed by atoms with van der Waals surface area (Å²) in [7, 11) is 0. The van der Waals surface area contributed by atoms with Gasteiger partial charge in [0.05, 0.1) is 5.52 Å². The van der Waals surface area contributed by atoms with E-state index in [2.05, 4.69) is 4.98 Å². The van der Waals surface area contributed by atoms with Gasteiger partial charge in [0.2, 0.25) is 0 Å². The molecule has 4 rings (SSSR count). The predicted molar refractivity (Wildman–Crippen MR) is 77.8 cm³/mol. The van der Waals surface area contributed by atoms with Crippen LogP contribution in [0.3, 0.4) is 0 Å². The van der Waals surface area contributed by atoms with Crippen LogP contribution in [0, 0.1) is 11.6 Å². The summed E-state index contributed by atoms with van der Waals surface area (Å²) >= 11 is 0. The van der Waals surface area contributed by atoms with Crippen LogP contribution in [-0.4, -0.2) is 9.55 Å². The van der Waals surface area contributed by atoms with Gasteiger partial charge in [0.1, 0.15) is 17.2 Å². The highest BCUT2D eigenvalue weighted by Gasteiger charge is 2.29. The van der Waals surface area contributed by atoms with Crippen LogP contribution in [0.15, 0.2) is 36.4 Å². The molecule has 1 aromatic heterocycles. The smallest absolute Gasteiger partial charge is 0.151 e. The summed E-state index contributed by atoms with van der Waals surface area (Å²) in [5, 5.41) is 0. The third kappa shape index (κ3) is 1.88. The van der Waals surface area contributed by atoms with Gasteiger partial charge in [-0.05, 0) is 43.2 Å². The van der Waals surface area contributed by atoms with Gasteiger partial charge in [0.25, 0.3) is 0 Å². The molecule has 21 heavy (non-hydrogen) atoms. The van der Waals surface area contributed by atoms with Crippen molar-refractivity contribution in [3.8, 4) is 11.4 Å². The van der Waals surface area contributed by atoms with Gasteiger partial charge < -0.3 is 10.3 Å². The molecule has 0 spiro atoms. The Morgan fingerprint density at radius 3 is 2.67 bits per heavy atom. The maximum atomic E-state index is 14.0. The highest BCUT2D eigenvalue weighted by molar-refractivity contribution is 5.84. The van der Waals surface area contributed by atoms with E-state index in [-0.39, 0.29) is 5.82 Å². The van der Waals surface area contributed by atoms with Crippen molar-refractivity contribution in [2.45, 2.75) is 18.9 Å². The maximum absolute atomic E-state index is 14.0. The van der Waals surface area contributed by atoms with E-state index in [1.807, 2.05) is 10.6 Å². The number of benzene rings is 2. The number of nitrogens with two attached hydrogens (primary N) is 1. The van der Waals surface area contributed by atoms with Gasteiger partial charge in [-0.2, -0.15) is 0 Å². The second kappa shape index (κ2) is 4.28. The predicted octanol–water partition coefficient (Wildman–Crippen LogP) is 3.90. The van der Waals surface area contributed by atoms with Gasteiger partial charge >= 0.3 is 0 Å². The van der Waals surface area contributed by atoms with Crippen LogP contribution in [0.1, 0.15) is 18.9 Å². The zero-order chi connectivity index (χ0) is 14.6. The zero-order valence-electron chi connectivity index (χ0n) is 11.2. The number of hydrogen-bond donors (Lipinski definition) is 1. The number of nitrogen functional groups attached to an aromatic ring is 1. The number of para-hydroxylation sites is 1. The number of rotatable bonds is 2. The minimum atomic E-state index is -0.392. The fraction of sp³-hybridized carbons (Fsp3) is 0.188. The van der Waals surface area contributed by atoms with E-state index >= 15 is 0 Å². The van der Waals surface area contributed by atoms with Crippen molar-refractivity contribution in [3.05, 3.63) is 48.0 Å². The number of anilines is 1. The van der Waals surface area contributed by atoms with E-state index < -0.39 is 5.82 Å². The third-order valence-electron chi connectivity index (χ3n) is 3.84. The number of aromatic nitrogens is 2. The highest BCUT2D eigenvalue weighted by Crippen LogP contribution is 2.42.